The van der Waals surface area contributed by atoms with E-state index in [2.05, 4.69) is 15.5 Å². The Labute approximate surface area is 189 Å². The molecule has 2 aromatic heterocycles. The first-order chi connectivity index (χ1) is 15.4. The lowest BCUT2D eigenvalue weighted by atomic mass is 10.2. The Hall–Kier alpha value is -3.50. The molecule has 0 spiro atoms. The molecule has 164 valence electrons. The van der Waals surface area contributed by atoms with E-state index in [4.69, 9.17) is 4.52 Å². The van der Waals surface area contributed by atoms with Gasteiger partial charge in [-0.05, 0) is 41.8 Å². The van der Waals surface area contributed by atoms with Crippen LogP contribution in [0, 0.1) is 0 Å². The first-order valence-corrected chi connectivity index (χ1v) is 12.1. The molecule has 0 saturated carbocycles. The Morgan fingerprint density at radius 2 is 1.94 bits per heavy atom. The zero-order valence-corrected chi connectivity index (χ0v) is 18.8. The standard InChI is InChI=1S/C22H20N4O4S2/c1-26(18-7-3-2-4-8-18)32(28,29)19-9-5-6-17(14-19)23-20(27)10-11-21-24-22(25-30-21)16-12-13-31-15-16/h2-9,12-15H,10-11H2,1H3,(H,23,27). The van der Waals surface area contributed by atoms with Crippen molar-refractivity contribution in [3.8, 4) is 11.4 Å². The zero-order chi connectivity index (χ0) is 22.6. The molecule has 0 bridgehead atoms. The number of sulfonamides is 1. The molecule has 0 radical (unpaired) electrons. The van der Waals surface area contributed by atoms with Crippen LogP contribution >= 0.6 is 11.3 Å². The number of benzene rings is 2. The predicted octanol–water partition coefficient (Wildman–Crippen LogP) is 4.19. The van der Waals surface area contributed by atoms with Crippen molar-refractivity contribution in [2.45, 2.75) is 17.7 Å². The number of carbonyl (C=O) groups is 1. The fourth-order valence-electron chi connectivity index (χ4n) is 2.98. The van der Waals surface area contributed by atoms with Gasteiger partial charge in [0.15, 0.2) is 0 Å². The molecule has 1 amide bonds. The van der Waals surface area contributed by atoms with Crippen molar-refractivity contribution >= 4 is 38.6 Å². The number of amides is 1. The van der Waals surface area contributed by atoms with Crippen LogP contribution in [0.1, 0.15) is 12.3 Å². The largest absolute Gasteiger partial charge is 0.339 e. The predicted molar refractivity (Wildman–Crippen MR) is 123 cm³/mol. The van der Waals surface area contributed by atoms with Gasteiger partial charge < -0.3 is 9.84 Å². The molecule has 10 heteroatoms. The van der Waals surface area contributed by atoms with E-state index in [9.17, 15) is 13.2 Å². The summed E-state index contributed by atoms with van der Waals surface area (Å²) in [4.78, 5) is 16.8. The van der Waals surface area contributed by atoms with E-state index in [0.717, 1.165) is 5.56 Å². The quantitative estimate of drug-likeness (QED) is 0.416. The Morgan fingerprint density at radius 1 is 1.12 bits per heavy atom. The molecule has 32 heavy (non-hydrogen) atoms. The van der Waals surface area contributed by atoms with E-state index in [-0.39, 0.29) is 23.6 Å². The highest BCUT2D eigenvalue weighted by Gasteiger charge is 2.21. The molecule has 0 unspecified atom stereocenters. The minimum absolute atomic E-state index is 0.0824. The summed E-state index contributed by atoms with van der Waals surface area (Å²) in [5.41, 5.74) is 1.80. The molecule has 0 atom stereocenters. The highest BCUT2D eigenvalue weighted by Crippen LogP contribution is 2.24. The minimum atomic E-state index is -3.77. The number of carbonyl (C=O) groups excluding carboxylic acids is 1. The van der Waals surface area contributed by atoms with Crippen LogP contribution in [-0.4, -0.2) is 31.5 Å². The van der Waals surface area contributed by atoms with Gasteiger partial charge in [-0.15, -0.1) is 0 Å². The Morgan fingerprint density at radius 3 is 2.69 bits per heavy atom. The summed E-state index contributed by atoms with van der Waals surface area (Å²) in [7, 11) is -2.28. The average molecular weight is 469 g/mol. The van der Waals surface area contributed by atoms with Crippen molar-refractivity contribution in [3.63, 3.8) is 0 Å². The van der Waals surface area contributed by atoms with Crippen LogP contribution < -0.4 is 9.62 Å². The van der Waals surface area contributed by atoms with Gasteiger partial charge >= 0.3 is 0 Å². The van der Waals surface area contributed by atoms with Crippen LogP contribution in [0.25, 0.3) is 11.4 Å². The molecule has 0 aliphatic rings. The maximum atomic E-state index is 13.0. The third-order valence-corrected chi connectivity index (χ3v) is 7.17. The number of nitrogens with zero attached hydrogens (tertiary/aromatic N) is 3. The molecule has 0 aliphatic heterocycles. The van der Waals surface area contributed by atoms with Crippen molar-refractivity contribution in [2.75, 3.05) is 16.7 Å². The van der Waals surface area contributed by atoms with Crippen molar-refractivity contribution in [3.05, 3.63) is 77.3 Å². The smallest absolute Gasteiger partial charge is 0.264 e. The van der Waals surface area contributed by atoms with Gasteiger partial charge in [0.2, 0.25) is 17.6 Å². The molecule has 1 N–H and O–H groups in total. The van der Waals surface area contributed by atoms with Crippen LogP contribution in [0.4, 0.5) is 11.4 Å². The highest BCUT2D eigenvalue weighted by molar-refractivity contribution is 7.92. The van der Waals surface area contributed by atoms with E-state index in [1.54, 1.807) is 36.4 Å². The summed E-state index contributed by atoms with van der Waals surface area (Å²) in [6, 6.07) is 16.8. The van der Waals surface area contributed by atoms with Crippen LogP contribution in [0.2, 0.25) is 0 Å². The second-order valence-corrected chi connectivity index (χ2v) is 9.66. The average Bonchev–Trinajstić information content (AvgIpc) is 3.50. The van der Waals surface area contributed by atoms with Gasteiger partial charge in [-0.25, -0.2) is 8.42 Å². The Bertz CT molecular complexity index is 1300. The lowest BCUT2D eigenvalue weighted by molar-refractivity contribution is -0.116. The fraction of sp³-hybridized carbons (Fsp3) is 0.136. The van der Waals surface area contributed by atoms with Crippen LogP contribution in [0.3, 0.4) is 0 Å². The molecular formula is C22H20N4O4S2. The number of nitrogens with one attached hydrogen (secondary N) is 1. The molecule has 4 aromatic rings. The molecule has 4 rings (SSSR count). The monoisotopic (exact) mass is 468 g/mol. The first kappa shape index (κ1) is 21.7. The minimum Gasteiger partial charge on any atom is -0.339 e. The van der Waals surface area contributed by atoms with Crippen LogP contribution in [0.15, 0.2) is 80.8 Å². The third-order valence-electron chi connectivity index (χ3n) is 4.71. The fourth-order valence-corrected chi connectivity index (χ4v) is 4.85. The SMILES string of the molecule is CN(c1ccccc1)S(=O)(=O)c1cccc(NC(=O)CCc2nc(-c3ccsc3)no2)c1. The van der Waals surface area contributed by atoms with Crippen LogP contribution in [-0.2, 0) is 21.2 Å². The molecule has 2 aromatic carbocycles. The van der Waals surface area contributed by atoms with Crippen molar-refractivity contribution < 1.29 is 17.7 Å². The summed E-state index contributed by atoms with van der Waals surface area (Å²) >= 11 is 1.53. The molecular weight excluding hydrogens is 448 g/mol. The summed E-state index contributed by atoms with van der Waals surface area (Å²) in [6.07, 6.45) is 0.393. The van der Waals surface area contributed by atoms with Gasteiger partial charge in [0, 0.05) is 36.5 Å². The number of aromatic nitrogens is 2. The van der Waals surface area contributed by atoms with Crippen molar-refractivity contribution in [2.24, 2.45) is 0 Å². The second kappa shape index (κ2) is 9.33. The number of rotatable bonds is 8. The third kappa shape index (κ3) is 4.87. The van der Waals surface area contributed by atoms with Gasteiger partial charge in [0.05, 0.1) is 10.6 Å². The number of anilines is 2. The van der Waals surface area contributed by atoms with Gasteiger partial charge in [-0.3, -0.25) is 9.10 Å². The van der Waals surface area contributed by atoms with Crippen LogP contribution in [0.5, 0.6) is 0 Å². The van der Waals surface area contributed by atoms with E-state index in [0.29, 0.717) is 23.1 Å². The molecule has 0 saturated heterocycles. The van der Waals surface area contributed by atoms with Crippen molar-refractivity contribution in [1.82, 2.24) is 10.1 Å². The molecule has 0 fully saturated rings. The second-order valence-electron chi connectivity index (χ2n) is 6.91. The number of hydrogen-bond acceptors (Lipinski definition) is 7. The highest BCUT2D eigenvalue weighted by atomic mass is 32.2. The maximum absolute atomic E-state index is 13.0. The lowest BCUT2D eigenvalue weighted by Crippen LogP contribution is -2.26. The molecule has 0 aliphatic carbocycles. The van der Waals surface area contributed by atoms with Crippen molar-refractivity contribution in [1.29, 1.82) is 0 Å². The summed E-state index contributed by atoms with van der Waals surface area (Å²) in [5.74, 6) is 0.565. The lowest BCUT2D eigenvalue weighted by Gasteiger charge is -2.19. The van der Waals surface area contributed by atoms with E-state index >= 15 is 0 Å². The molecule has 2 heterocycles. The Balaban J connectivity index is 1.40. The number of para-hydroxylation sites is 1. The normalized spacial score (nSPS) is 11.3. The van der Waals surface area contributed by atoms with E-state index in [1.165, 1.54) is 34.8 Å². The van der Waals surface area contributed by atoms with E-state index in [1.807, 2.05) is 22.9 Å². The maximum Gasteiger partial charge on any atom is 0.264 e. The van der Waals surface area contributed by atoms with Gasteiger partial charge in [0.1, 0.15) is 0 Å². The topological polar surface area (TPSA) is 105 Å². The summed E-state index contributed by atoms with van der Waals surface area (Å²) in [6.45, 7) is 0. The zero-order valence-electron chi connectivity index (χ0n) is 17.1. The number of hydrogen-bond donors (Lipinski definition) is 1. The Kier molecular flexibility index (Phi) is 6.33. The first-order valence-electron chi connectivity index (χ1n) is 9.72. The summed E-state index contributed by atoms with van der Waals surface area (Å²) < 4.78 is 32.3. The summed E-state index contributed by atoms with van der Waals surface area (Å²) in [5, 5.41) is 10.5. The van der Waals surface area contributed by atoms with Gasteiger partial charge in [-0.1, -0.05) is 29.4 Å². The number of aryl methyl sites for hydroxylation is 1. The molecule has 8 nitrogen and oxygen atoms in total. The number of thiophene rings is 1. The van der Waals surface area contributed by atoms with E-state index < -0.39 is 10.0 Å². The van der Waals surface area contributed by atoms with Gasteiger partial charge in [0.25, 0.3) is 10.0 Å². The van der Waals surface area contributed by atoms with Gasteiger partial charge in [-0.2, -0.15) is 16.3 Å².